The highest BCUT2D eigenvalue weighted by atomic mass is 35.5. The summed E-state index contributed by atoms with van der Waals surface area (Å²) in [6.45, 7) is 5.85. The Bertz CT molecular complexity index is 994. The lowest BCUT2D eigenvalue weighted by molar-refractivity contribution is -0.138. The van der Waals surface area contributed by atoms with Crippen LogP contribution in [0.25, 0.3) is 16.2 Å². The smallest absolute Gasteiger partial charge is 0.310 e. The normalized spacial score (nSPS) is 12.1. The molecule has 1 unspecified atom stereocenters. The van der Waals surface area contributed by atoms with Crippen molar-refractivity contribution in [2.45, 2.75) is 19.4 Å². The molecule has 26 heavy (non-hydrogen) atoms. The quantitative estimate of drug-likeness (QED) is 0.500. The highest BCUT2D eigenvalue weighted by Gasteiger charge is 2.20. The van der Waals surface area contributed by atoms with Crippen molar-refractivity contribution >= 4 is 56.7 Å². The van der Waals surface area contributed by atoms with E-state index in [1.807, 2.05) is 23.6 Å². The lowest BCUT2D eigenvalue weighted by Crippen LogP contribution is -2.06. The molecule has 3 nitrogen and oxygen atoms in total. The Morgan fingerprint density at radius 2 is 2.12 bits per heavy atom. The summed E-state index contributed by atoms with van der Waals surface area (Å²) in [5, 5.41) is 13.2. The highest BCUT2D eigenvalue weighted by Crippen LogP contribution is 2.37. The number of rotatable bonds is 6. The maximum Gasteiger partial charge on any atom is 0.310 e. The van der Waals surface area contributed by atoms with Gasteiger partial charge in [-0.25, -0.2) is 0 Å². The number of carboxylic acids is 1. The average molecular weight is 407 g/mol. The first-order valence-electron chi connectivity index (χ1n) is 7.87. The number of ether oxygens (including phenoxy) is 1. The van der Waals surface area contributed by atoms with E-state index in [-0.39, 0.29) is 0 Å². The molecular weight excluding hydrogens is 391 g/mol. The average Bonchev–Trinajstić information content (AvgIpc) is 3.03. The number of thiophene rings is 1. The Morgan fingerprint density at radius 1 is 1.35 bits per heavy atom. The zero-order valence-electron chi connectivity index (χ0n) is 14.0. The molecule has 0 saturated heterocycles. The van der Waals surface area contributed by atoms with Crippen LogP contribution in [0.1, 0.15) is 29.5 Å². The monoisotopic (exact) mass is 406 g/mol. The Morgan fingerprint density at radius 3 is 2.77 bits per heavy atom. The van der Waals surface area contributed by atoms with Crippen molar-refractivity contribution in [2.24, 2.45) is 0 Å². The van der Waals surface area contributed by atoms with Crippen LogP contribution in [0.5, 0.6) is 5.75 Å². The van der Waals surface area contributed by atoms with Gasteiger partial charge in [0.15, 0.2) is 0 Å². The molecule has 0 bridgehead atoms. The number of hydrogen-bond donors (Lipinski definition) is 1. The number of carboxylic acid groups (broad SMARTS) is 1. The highest BCUT2D eigenvalue weighted by molar-refractivity contribution is 7.17. The molecule has 3 aromatic rings. The van der Waals surface area contributed by atoms with E-state index in [2.05, 4.69) is 6.58 Å². The molecule has 0 fully saturated rings. The zero-order chi connectivity index (χ0) is 18.8. The first kappa shape index (κ1) is 18.8. The van der Waals surface area contributed by atoms with E-state index in [4.69, 9.17) is 27.9 Å². The first-order chi connectivity index (χ1) is 12.4. The number of halogens is 2. The van der Waals surface area contributed by atoms with Crippen LogP contribution in [0.4, 0.5) is 0 Å². The molecule has 1 atom stereocenters. The summed E-state index contributed by atoms with van der Waals surface area (Å²) in [6.07, 6.45) is 1.72. The minimum Gasteiger partial charge on any atom is -0.489 e. The van der Waals surface area contributed by atoms with Gasteiger partial charge in [0.05, 0.1) is 5.92 Å². The summed E-state index contributed by atoms with van der Waals surface area (Å²) in [6, 6.07) is 9.05. The van der Waals surface area contributed by atoms with Gasteiger partial charge in [0.2, 0.25) is 0 Å². The maximum atomic E-state index is 11.4. The number of aliphatic carboxylic acids is 1. The molecule has 134 valence electrons. The predicted molar refractivity (Wildman–Crippen MR) is 109 cm³/mol. The van der Waals surface area contributed by atoms with Crippen molar-refractivity contribution in [3.63, 3.8) is 0 Å². The summed E-state index contributed by atoms with van der Waals surface area (Å²) in [7, 11) is 0. The fourth-order valence-electron chi connectivity index (χ4n) is 2.69. The van der Waals surface area contributed by atoms with Crippen molar-refractivity contribution < 1.29 is 14.6 Å². The van der Waals surface area contributed by atoms with Gasteiger partial charge in [0.25, 0.3) is 0 Å². The molecule has 1 aromatic heterocycles. The lowest BCUT2D eigenvalue weighted by Gasteiger charge is -2.11. The van der Waals surface area contributed by atoms with Gasteiger partial charge in [-0.15, -0.1) is 11.3 Å². The van der Waals surface area contributed by atoms with Gasteiger partial charge in [-0.1, -0.05) is 41.9 Å². The van der Waals surface area contributed by atoms with Crippen LogP contribution in [0, 0.1) is 0 Å². The largest absolute Gasteiger partial charge is 0.489 e. The van der Waals surface area contributed by atoms with E-state index < -0.39 is 11.9 Å². The van der Waals surface area contributed by atoms with Gasteiger partial charge < -0.3 is 9.84 Å². The molecule has 1 heterocycles. The number of benzene rings is 2. The SMILES string of the molecule is C=Cc1cc(OCc2ccc(Cl)cc2Cl)cc2scc(C(C)C(=O)O)c12. The third kappa shape index (κ3) is 3.73. The second kappa shape index (κ2) is 7.70. The molecule has 0 spiro atoms. The molecule has 1 N–H and O–H groups in total. The van der Waals surface area contributed by atoms with Crippen LogP contribution in [-0.2, 0) is 11.4 Å². The Labute approximate surface area is 165 Å². The molecule has 0 radical (unpaired) electrons. The summed E-state index contributed by atoms with van der Waals surface area (Å²) in [5.74, 6) is -0.755. The van der Waals surface area contributed by atoms with Gasteiger partial charge >= 0.3 is 5.97 Å². The number of carbonyl (C=O) groups is 1. The van der Waals surface area contributed by atoms with E-state index in [0.717, 1.165) is 26.8 Å². The molecular formula is C20H16Cl2O3S. The molecule has 3 rings (SSSR count). The second-order valence-corrected chi connectivity index (χ2v) is 7.62. The van der Waals surface area contributed by atoms with Crippen molar-refractivity contribution in [1.29, 1.82) is 0 Å². The molecule has 0 aliphatic heterocycles. The van der Waals surface area contributed by atoms with Gasteiger partial charge in [-0.2, -0.15) is 0 Å². The molecule has 6 heteroatoms. The van der Waals surface area contributed by atoms with E-state index in [0.29, 0.717) is 22.4 Å². The lowest BCUT2D eigenvalue weighted by atomic mass is 9.97. The van der Waals surface area contributed by atoms with Crippen LogP contribution in [0.15, 0.2) is 42.3 Å². The van der Waals surface area contributed by atoms with E-state index in [1.54, 1.807) is 25.1 Å². The van der Waals surface area contributed by atoms with Crippen LogP contribution in [0.3, 0.4) is 0 Å². The van der Waals surface area contributed by atoms with Crippen LogP contribution < -0.4 is 4.74 Å². The van der Waals surface area contributed by atoms with Gasteiger partial charge in [-0.05, 0) is 47.7 Å². The second-order valence-electron chi connectivity index (χ2n) is 5.87. The van der Waals surface area contributed by atoms with Crippen molar-refractivity contribution in [1.82, 2.24) is 0 Å². The van der Waals surface area contributed by atoms with Crippen molar-refractivity contribution in [3.8, 4) is 5.75 Å². The van der Waals surface area contributed by atoms with E-state index >= 15 is 0 Å². The zero-order valence-corrected chi connectivity index (χ0v) is 16.3. The number of fused-ring (bicyclic) bond motifs is 1. The van der Waals surface area contributed by atoms with Crippen LogP contribution in [0.2, 0.25) is 10.0 Å². The summed E-state index contributed by atoms with van der Waals surface area (Å²) >= 11 is 13.6. The summed E-state index contributed by atoms with van der Waals surface area (Å²) < 4.78 is 6.86. The third-order valence-electron chi connectivity index (χ3n) is 4.17. The minimum atomic E-state index is -0.850. The van der Waals surface area contributed by atoms with Gasteiger partial charge in [-0.3, -0.25) is 4.79 Å². The topological polar surface area (TPSA) is 46.5 Å². The minimum absolute atomic E-state index is 0.307. The first-order valence-corrected chi connectivity index (χ1v) is 9.51. The molecule has 0 amide bonds. The van der Waals surface area contributed by atoms with Crippen molar-refractivity contribution in [2.75, 3.05) is 0 Å². The summed E-state index contributed by atoms with van der Waals surface area (Å²) in [4.78, 5) is 11.4. The van der Waals surface area contributed by atoms with E-state index in [1.165, 1.54) is 11.3 Å². The standard InChI is InChI=1S/C20H16Cl2O3S/c1-3-12-6-15(25-9-13-4-5-14(21)7-17(13)22)8-18-19(12)16(10-26-18)11(2)20(23)24/h3-8,10-11H,1,9H2,2H3,(H,23,24). The molecule has 0 aliphatic carbocycles. The fourth-order valence-corrected chi connectivity index (χ4v) is 4.27. The third-order valence-corrected chi connectivity index (χ3v) is 5.71. The van der Waals surface area contributed by atoms with Crippen LogP contribution >= 0.6 is 34.5 Å². The Kier molecular flexibility index (Phi) is 5.56. The Hall–Kier alpha value is -2.01. The molecule has 0 saturated carbocycles. The summed E-state index contributed by atoms with van der Waals surface area (Å²) in [5.41, 5.74) is 2.48. The van der Waals surface area contributed by atoms with E-state index in [9.17, 15) is 9.90 Å². The molecule has 0 aliphatic rings. The Balaban J connectivity index is 1.93. The van der Waals surface area contributed by atoms with Crippen molar-refractivity contribution in [3.05, 3.63) is 69.0 Å². The molecule has 2 aromatic carbocycles. The predicted octanol–water partition coefficient (Wildman–Crippen LogP) is 6.62. The number of hydrogen-bond acceptors (Lipinski definition) is 3. The maximum absolute atomic E-state index is 11.4. The van der Waals surface area contributed by atoms with Gasteiger partial charge in [0.1, 0.15) is 12.4 Å². The van der Waals surface area contributed by atoms with Crippen LogP contribution in [-0.4, -0.2) is 11.1 Å². The fraction of sp³-hybridized carbons (Fsp3) is 0.150. The van der Waals surface area contributed by atoms with Gasteiger partial charge in [0, 0.05) is 25.7 Å².